The van der Waals surface area contributed by atoms with Crippen molar-refractivity contribution in [1.29, 1.82) is 0 Å². The highest BCUT2D eigenvalue weighted by Crippen LogP contribution is 2.28. The number of hydrogen-bond acceptors (Lipinski definition) is 2. The number of hydrogen-bond donors (Lipinski definition) is 1. The van der Waals surface area contributed by atoms with Crippen LogP contribution >= 0.6 is 11.3 Å². The second-order valence-electron chi connectivity index (χ2n) is 4.62. The van der Waals surface area contributed by atoms with Gasteiger partial charge in [-0.15, -0.1) is 0 Å². The third kappa shape index (κ3) is 2.76. The summed E-state index contributed by atoms with van der Waals surface area (Å²) in [6.07, 6.45) is 0. The first-order valence-electron chi connectivity index (χ1n) is 6.02. The van der Waals surface area contributed by atoms with Gasteiger partial charge in [0, 0.05) is 6.54 Å². The Morgan fingerprint density at radius 1 is 1.12 bits per heavy atom. The van der Waals surface area contributed by atoms with Gasteiger partial charge in [-0.1, -0.05) is 38.1 Å². The average Bonchev–Trinajstić information content (AvgIpc) is 2.78. The summed E-state index contributed by atoms with van der Waals surface area (Å²) in [5.41, 5.74) is 5.47. The van der Waals surface area contributed by atoms with Crippen LogP contribution in [0.4, 0.5) is 0 Å². The van der Waals surface area contributed by atoms with Gasteiger partial charge in [-0.05, 0) is 46.0 Å². The standard InChI is InChI=1S/C15H19NS/c1-11(2)12-4-6-13(7-5-12)15-10-17-9-14(15)8-16-3/h4-7,9-11,16H,8H2,1-3H3. The Hall–Kier alpha value is -1.12. The fourth-order valence-corrected chi connectivity index (χ4v) is 2.82. The molecule has 0 fully saturated rings. The maximum Gasteiger partial charge on any atom is 0.0216 e. The van der Waals surface area contributed by atoms with Gasteiger partial charge in [0.25, 0.3) is 0 Å². The molecular weight excluding hydrogens is 226 g/mol. The van der Waals surface area contributed by atoms with Crippen LogP contribution in [0.15, 0.2) is 35.0 Å². The molecule has 0 saturated heterocycles. The van der Waals surface area contributed by atoms with Gasteiger partial charge in [0.05, 0.1) is 0 Å². The molecule has 1 heterocycles. The summed E-state index contributed by atoms with van der Waals surface area (Å²) in [5, 5.41) is 7.67. The summed E-state index contributed by atoms with van der Waals surface area (Å²) in [6.45, 7) is 5.39. The Labute approximate surface area is 108 Å². The third-order valence-electron chi connectivity index (χ3n) is 3.00. The largest absolute Gasteiger partial charge is 0.316 e. The molecule has 0 aliphatic rings. The van der Waals surface area contributed by atoms with Crippen molar-refractivity contribution in [2.24, 2.45) is 0 Å². The topological polar surface area (TPSA) is 12.0 Å². The van der Waals surface area contributed by atoms with Crippen molar-refractivity contribution in [3.63, 3.8) is 0 Å². The molecule has 0 unspecified atom stereocenters. The summed E-state index contributed by atoms with van der Waals surface area (Å²) >= 11 is 1.77. The summed E-state index contributed by atoms with van der Waals surface area (Å²) < 4.78 is 0. The van der Waals surface area contributed by atoms with Crippen LogP contribution in [-0.2, 0) is 6.54 Å². The molecule has 0 radical (unpaired) electrons. The highest BCUT2D eigenvalue weighted by Gasteiger charge is 2.06. The lowest BCUT2D eigenvalue weighted by Crippen LogP contribution is -2.04. The van der Waals surface area contributed by atoms with Crippen LogP contribution in [-0.4, -0.2) is 7.05 Å². The van der Waals surface area contributed by atoms with E-state index in [1.807, 2.05) is 7.05 Å². The summed E-state index contributed by atoms with van der Waals surface area (Å²) in [4.78, 5) is 0. The lowest BCUT2D eigenvalue weighted by atomic mass is 9.98. The quantitative estimate of drug-likeness (QED) is 0.848. The second-order valence-corrected chi connectivity index (χ2v) is 5.36. The molecule has 0 aliphatic heterocycles. The molecule has 0 bridgehead atoms. The second kappa shape index (κ2) is 5.48. The molecule has 0 aliphatic carbocycles. The maximum atomic E-state index is 3.22. The van der Waals surface area contributed by atoms with Crippen LogP contribution < -0.4 is 5.32 Å². The third-order valence-corrected chi connectivity index (χ3v) is 3.79. The van der Waals surface area contributed by atoms with E-state index in [0.29, 0.717) is 5.92 Å². The summed E-state index contributed by atoms with van der Waals surface area (Å²) in [6, 6.07) is 8.94. The zero-order valence-corrected chi connectivity index (χ0v) is 11.5. The van der Waals surface area contributed by atoms with E-state index in [-0.39, 0.29) is 0 Å². The molecule has 1 aromatic heterocycles. The number of thiophene rings is 1. The SMILES string of the molecule is CNCc1cscc1-c1ccc(C(C)C)cc1. The van der Waals surface area contributed by atoms with Crippen LogP contribution in [0.3, 0.4) is 0 Å². The summed E-state index contributed by atoms with van der Waals surface area (Å²) in [5.74, 6) is 0.600. The molecule has 2 heteroatoms. The maximum absolute atomic E-state index is 3.22. The molecular formula is C15H19NS. The van der Waals surface area contributed by atoms with Gasteiger partial charge in [0.15, 0.2) is 0 Å². The molecule has 90 valence electrons. The van der Waals surface area contributed by atoms with Crippen LogP contribution in [0.5, 0.6) is 0 Å². The van der Waals surface area contributed by atoms with Crippen molar-refractivity contribution in [2.75, 3.05) is 7.05 Å². The zero-order chi connectivity index (χ0) is 12.3. The molecule has 1 N–H and O–H groups in total. The minimum atomic E-state index is 0.600. The monoisotopic (exact) mass is 245 g/mol. The Morgan fingerprint density at radius 3 is 2.41 bits per heavy atom. The minimum absolute atomic E-state index is 0.600. The van der Waals surface area contributed by atoms with Crippen molar-refractivity contribution in [3.8, 4) is 11.1 Å². The van der Waals surface area contributed by atoms with Crippen molar-refractivity contribution >= 4 is 11.3 Å². The average molecular weight is 245 g/mol. The van der Waals surface area contributed by atoms with Crippen LogP contribution in [0.25, 0.3) is 11.1 Å². The van der Waals surface area contributed by atoms with E-state index in [0.717, 1.165) is 6.54 Å². The highest BCUT2D eigenvalue weighted by molar-refractivity contribution is 7.08. The van der Waals surface area contributed by atoms with Gasteiger partial charge in [-0.3, -0.25) is 0 Å². The molecule has 2 rings (SSSR count). The molecule has 0 spiro atoms. The van der Waals surface area contributed by atoms with Gasteiger partial charge >= 0.3 is 0 Å². The van der Waals surface area contributed by atoms with Crippen molar-refractivity contribution < 1.29 is 0 Å². The lowest BCUT2D eigenvalue weighted by molar-refractivity contribution is 0.822. The van der Waals surface area contributed by atoms with Gasteiger partial charge < -0.3 is 5.32 Å². The Kier molecular flexibility index (Phi) is 3.97. The summed E-state index contributed by atoms with van der Waals surface area (Å²) in [7, 11) is 1.99. The van der Waals surface area contributed by atoms with Crippen LogP contribution in [0.1, 0.15) is 30.9 Å². The van der Waals surface area contributed by atoms with E-state index < -0.39 is 0 Å². The smallest absolute Gasteiger partial charge is 0.0216 e. The van der Waals surface area contributed by atoms with Crippen molar-refractivity contribution in [3.05, 3.63) is 46.2 Å². The Balaban J connectivity index is 2.30. The van der Waals surface area contributed by atoms with Crippen LogP contribution in [0, 0.1) is 0 Å². The fraction of sp³-hybridized carbons (Fsp3) is 0.333. The van der Waals surface area contributed by atoms with E-state index in [9.17, 15) is 0 Å². The van der Waals surface area contributed by atoms with Gasteiger partial charge in [-0.2, -0.15) is 11.3 Å². The number of benzene rings is 1. The molecule has 2 aromatic rings. The van der Waals surface area contributed by atoms with E-state index in [2.05, 4.69) is 54.2 Å². The Bertz CT molecular complexity index is 468. The van der Waals surface area contributed by atoms with Gasteiger partial charge in [0.2, 0.25) is 0 Å². The van der Waals surface area contributed by atoms with Crippen molar-refractivity contribution in [1.82, 2.24) is 5.32 Å². The predicted octanol–water partition coefficient (Wildman–Crippen LogP) is 4.26. The first kappa shape index (κ1) is 12.3. The highest BCUT2D eigenvalue weighted by atomic mass is 32.1. The molecule has 0 amide bonds. The molecule has 1 nitrogen and oxygen atoms in total. The van der Waals surface area contributed by atoms with Crippen LogP contribution in [0.2, 0.25) is 0 Å². The first-order valence-corrected chi connectivity index (χ1v) is 6.96. The van der Waals surface area contributed by atoms with Crippen molar-refractivity contribution in [2.45, 2.75) is 26.3 Å². The molecule has 0 atom stereocenters. The van der Waals surface area contributed by atoms with Gasteiger partial charge in [-0.25, -0.2) is 0 Å². The van der Waals surface area contributed by atoms with E-state index in [1.54, 1.807) is 11.3 Å². The molecule has 1 aromatic carbocycles. The van der Waals surface area contributed by atoms with E-state index in [4.69, 9.17) is 0 Å². The number of nitrogens with one attached hydrogen (secondary N) is 1. The minimum Gasteiger partial charge on any atom is -0.316 e. The number of rotatable bonds is 4. The zero-order valence-electron chi connectivity index (χ0n) is 10.7. The lowest BCUT2D eigenvalue weighted by Gasteiger charge is -2.08. The molecule has 17 heavy (non-hydrogen) atoms. The van der Waals surface area contributed by atoms with Gasteiger partial charge in [0.1, 0.15) is 0 Å². The first-order chi connectivity index (χ1) is 8.22. The fourth-order valence-electron chi connectivity index (χ4n) is 1.95. The normalized spacial score (nSPS) is 11.1. The Morgan fingerprint density at radius 2 is 1.82 bits per heavy atom. The van der Waals surface area contributed by atoms with E-state index in [1.165, 1.54) is 22.3 Å². The molecule has 0 saturated carbocycles. The predicted molar refractivity (Wildman–Crippen MR) is 76.6 cm³/mol. The van der Waals surface area contributed by atoms with E-state index >= 15 is 0 Å².